The number of ketones is 1. The van der Waals surface area contributed by atoms with E-state index in [1.54, 1.807) is 0 Å². The maximum absolute atomic E-state index is 12.7. The maximum Gasteiger partial charge on any atom is 0.238 e. The van der Waals surface area contributed by atoms with Gasteiger partial charge in [0, 0.05) is 11.6 Å². The van der Waals surface area contributed by atoms with E-state index in [-0.39, 0.29) is 22.7 Å². The summed E-state index contributed by atoms with van der Waals surface area (Å²) < 4.78 is 16.1. The molecule has 0 amide bonds. The van der Waals surface area contributed by atoms with E-state index >= 15 is 0 Å². The minimum absolute atomic E-state index is 0.0770. The normalized spacial score (nSPS) is 24.8. The summed E-state index contributed by atoms with van der Waals surface area (Å²) in [6, 6.07) is 6.25. The number of phenols is 3. The smallest absolute Gasteiger partial charge is 0.238 e. The molecule has 12 heteroatoms. The summed E-state index contributed by atoms with van der Waals surface area (Å²) >= 11 is 0. The van der Waals surface area contributed by atoms with Crippen LogP contribution in [-0.4, -0.2) is 72.2 Å². The van der Waals surface area contributed by atoms with Crippen molar-refractivity contribution < 1.29 is 54.4 Å². The lowest BCUT2D eigenvalue weighted by atomic mass is 9.97. The molecule has 0 spiro atoms. The third-order valence-corrected chi connectivity index (χ3v) is 5.42. The second-order valence-corrected chi connectivity index (χ2v) is 7.73. The Morgan fingerprint density at radius 1 is 0.912 bits per heavy atom. The third-order valence-electron chi connectivity index (χ3n) is 5.42. The number of phenolic OH excluding ortho intramolecular Hbond substituents is 3. The van der Waals surface area contributed by atoms with E-state index in [0.29, 0.717) is 0 Å². The fourth-order valence-corrected chi connectivity index (χ4v) is 3.60. The highest BCUT2D eigenvalue weighted by Gasteiger charge is 2.47. The number of aliphatic hydroxyl groups is 3. The zero-order valence-corrected chi connectivity index (χ0v) is 17.4. The molecule has 7 N–H and O–H groups in total. The summed E-state index contributed by atoms with van der Waals surface area (Å²) in [4.78, 5) is 24.4. The molecule has 0 bridgehead atoms. The lowest BCUT2D eigenvalue weighted by molar-refractivity contribution is -0.265. The molecule has 180 valence electrons. The monoisotopic (exact) mass is 476 g/mol. The van der Waals surface area contributed by atoms with Crippen LogP contribution < -0.4 is 10.2 Å². The molecule has 1 fully saturated rings. The molecule has 1 unspecified atom stereocenters. The van der Waals surface area contributed by atoms with Crippen LogP contribution in [0, 0.1) is 0 Å². The number of carbonyl (C=O) groups excluding carboxylic acids is 1. The predicted molar refractivity (Wildman–Crippen MR) is 113 cm³/mol. The van der Waals surface area contributed by atoms with Crippen molar-refractivity contribution in [2.24, 2.45) is 0 Å². The van der Waals surface area contributed by atoms with Crippen LogP contribution in [0.5, 0.6) is 28.7 Å². The molecule has 1 saturated heterocycles. The molecule has 0 saturated carbocycles. The van der Waals surface area contributed by atoms with Gasteiger partial charge in [-0.2, -0.15) is 0 Å². The van der Waals surface area contributed by atoms with E-state index in [0.717, 1.165) is 13.0 Å². The standard InChI is InChI=1S/C22H20O12/c1-7(23)20-18(30)16(28)19(31)22(34-20)33-11-6-10-12(14(26)13(11)25)15(27)17(29)21(32-10)8-2-4-9(24)5-3-8/h2-6,16,18-20,22,24-26,28-31H,1H3/t16-,18-,19+,20+,22?/m0/s1. The number of ether oxygens (including phenoxy) is 2. The van der Waals surface area contributed by atoms with Gasteiger partial charge in [-0.25, -0.2) is 0 Å². The molecule has 1 aliphatic heterocycles. The number of hydrogen-bond donors (Lipinski definition) is 7. The third kappa shape index (κ3) is 3.78. The van der Waals surface area contributed by atoms with Crippen LogP contribution in [0.15, 0.2) is 39.5 Å². The second-order valence-electron chi connectivity index (χ2n) is 7.73. The topological polar surface area (TPSA) is 207 Å². The highest BCUT2D eigenvalue weighted by Crippen LogP contribution is 2.44. The van der Waals surface area contributed by atoms with Gasteiger partial charge in [0.2, 0.25) is 23.2 Å². The Balaban J connectivity index is 1.80. The molecular weight excluding hydrogens is 456 g/mol. The minimum Gasteiger partial charge on any atom is -0.508 e. The molecule has 1 aromatic heterocycles. The van der Waals surface area contributed by atoms with E-state index in [9.17, 15) is 45.3 Å². The van der Waals surface area contributed by atoms with Gasteiger partial charge < -0.3 is 49.6 Å². The summed E-state index contributed by atoms with van der Waals surface area (Å²) in [6.45, 7) is 1.08. The number of aromatic hydroxyl groups is 4. The molecule has 34 heavy (non-hydrogen) atoms. The number of fused-ring (bicyclic) bond motifs is 1. The van der Waals surface area contributed by atoms with Gasteiger partial charge in [0.15, 0.2) is 23.0 Å². The number of hydrogen-bond acceptors (Lipinski definition) is 12. The summed E-state index contributed by atoms with van der Waals surface area (Å²) in [5.41, 5.74) is -1.21. The van der Waals surface area contributed by atoms with Crippen LogP contribution in [0.3, 0.4) is 0 Å². The van der Waals surface area contributed by atoms with Gasteiger partial charge in [-0.3, -0.25) is 9.59 Å². The summed E-state index contributed by atoms with van der Waals surface area (Å²) in [5.74, 6) is -4.48. The van der Waals surface area contributed by atoms with Gasteiger partial charge in [0.25, 0.3) is 0 Å². The summed E-state index contributed by atoms with van der Waals surface area (Å²) in [6.07, 6.45) is -8.74. The van der Waals surface area contributed by atoms with Crippen molar-refractivity contribution in [3.63, 3.8) is 0 Å². The first-order valence-corrected chi connectivity index (χ1v) is 9.92. The molecule has 2 heterocycles. The van der Waals surface area contributed by atoms with E-state index in [4.69, 9.17) is 13.9 Å². The van der Waals surface area contributed by atoms with Crippen LogP contribution in [0.4, 0.5) is 0 Å². The number of benzene rings is 2. The van der Waals surface area contributed by atoms with E-state index in [1.165, 1.54) is 24.3 Å². The first kappa shape index (κ1) is 23.3. The van der Waals surface area contributed by atoms with Crippen molar-refractivity contribution >= 4 is 16.8 Å². The first-order chi connectivity index (χ1) is 16.0. The number of carbonyl (C=O) groups is 1. The van der Waals surface area contributed by atoms with Crippen molar-refractivity contribution in [2.75, 3.05) is 0 Å². The molecule has 0 radical (unpaired) electrons. The van der Waals surface area contributed by atoms with Gasteiger partial charge in [-0.05, 0) is 31.2 Å². The molecule has 3 aromatic rings. The zero-order chi connectivity index (χ0) is 24.9. The van der Waals surface area contributed by atoms with E-state index in [2.05, 4.69) is 0 Å². The number of aliphatic hydroxyl groups excluding tert-OH is 3. The molecule has 5 atom stereocenters. The minimum atomic E-state index is -1.86. The van der Waals surface area contributed by atoms with Crippen molar-refractivity contribution in [1.29, 1.82) is 0 Å². The summed E-state index contributed by atoms with van der Waals surface area (Å²) in [5, 5.41) is 70.1. The van der Waals surface area contributed by atoms with Crippen molar-refractivity contribution in [1.82, 2.24) is 0 Å². The first-order valence-electron chi connectivity index (χ1n) is 9.92. The van der Waals surface area contributed by atoms with E-state index < -0.39 is 70.3 Å². The van der Waals surface area contributed by atoms with Crippen LogP contribution >= 0.6 is 0 Å². The fourth-order valence-electron chi connectivity index (χ4n) is 3.60. The van der Waals surface area contributed by atoms with Gasteiger partial charge in [-0.15, -0.1) is 0 Å². The Morgan fingerprint density at radius 2 is 1.56 bits per heavy atom. The molecule has 12 nitrogen and oxygen atoms in total. The van der Waals surface area contributed by atoms with Crippen LogP contribution in [-0.2, 0) is 9.53 Å². The average Bonchev–Trinajstić information content (AvgIpc) is 2.80. The Bertz CT molecular complexity index is 1310. The fraction of sp³-hybridized carbons (Fsp3) is 0.273. The van der Waals surface area contributed by atoms with Crippen LogP contribution in [0.2, 0.25) is 0 Å². The largest absolute Gasteiger partial charge is 0.508 e. The Morgan fingerprint density at radius 3 is 2.18 bits per heavy atom. The van der Waals surface area contributed by atoms with Crippen molar-refractivity contribution in [3.8, 4) is 40.1 Å². The maximum atomic E-state index is 12.7. The van der Waals surface area contributed by atoms with Gasteiger partial charge in [-0.1, -0.05) is 0 Å². The summed E-state index contributed by atoms with van der Waals surface area (Å²) in [7, 11) is 0. The molecular formula is C22H20O12. The number of rotatable bonds is 4. The SMILES string of the molecule is CC(=O)[C@H]1OC(Oc2cc3oc(-c4ccc(O)cc4)c(O)c(=O)c3c(O)c2O)[C@H](O)[C@@H](O)[C@@H]1O. The zero-order valence-electron chi connectivity index (χ0n) is 17.4. The highest BCUT2D eigenvalue weighted by atomic mass is 16.7. The average molecular weight is 476 g/mol. The highest BCUT2D eigenvalue weighted by molar-refractivity contribution is 5.91. The van der Waals surface area contributed by atoms with Gasteiger partial charge in [0.1, 0.15) is 41.1 Å². The van der Waals surface area contributed by atoms with Crippen molar-refractivity contribution in [2.45, 2.75) is 37.6 Å². The molecule has 1 aliphatic rings. The van der Waals surface area contributed by atoms with Gasteiger partial charge in [0.05, 0.1) is 0 Å². The lowest BCUT2D eigenvalue weighted by Gasteiger charge is -2.39. The Labute approximate surface area is 190 Å². The second kappa shape index (κ2) is 8.50. The van der Waals surface area contributed by atoms with Crippen LogP contribution in [0.25, 0.3) is 22.3 Å². The van der Waals surface area contributed by atoms with E-state index in [1.807, 2.05) is 0 Å². The van der Waals surface area contributed by atoms with Crippen molar-refractivity contribution in [3.05, 3.63) is 40.6 Å². The molecule has 4 rings (SSSR count). The molecule has 0 aliphatic carbocycles. The lowest BCUT2D eigenvalue weighted by Crippen LogP contribution is -2.60. The van der Waals surface area contributed by atoms with Gasteiger partial charge >= 0.3 is 0 Å². The predicted octanol–water partition coefficient (Wildman–Crippen LogP) is 0.0578. The van der Waals surface area contributed by atoms with Crippen LogP contribution in [0.1, 0.15) is 6.92 Å². The Kier molecular flexibility index (Phi) is 5.83. The molecule has 2 aromatic carbocycles. The Hall–Kier alpha value is -3.84. The number of Topliss-reactive ketones (excluding diaryl/α,β-unsaturated/α-hetero) is 1. The quantitative estimate of drug-likeness (QED) is 0.249.